The fourth-order valence-corrected chi connectivity index (χ4v) is 3.97. The van der Waals surface area contributed by atoms with Crippen LogP contribution in [0.5, 0.6) is 0 Å². The minimum atomic E-state index is -4.58. The monoisotopic (exact) mass is 426 g/mol. The summed E-state index contributed by atoms with van der Waals surface area (Å²) in [6.45, 7) is 2.82. The SMILES string of the molecule is CCc1ccc(C(c2ccc(Cl)c(C(F)(F)F)c2)N2CCCC(C(=O)O)C2)nc1. The Morgan fingerprint density at radius 3 is 2.69 bits per heavy atom. The third-order valence-electron chi connectivity index (χ3n) is 5.31. The van der Waals surface area contributed by atoms with Crippen LogP contribution in [0.3, 0.4) is 0 Å². The quantitative estimate of drug-likeness (QED) is 0.713. The molecule has 0 amide bonds. The van der Waals surface area contributed by atoms with Gasteiger partial charge in [0.1, 0.15) is 0 Å². The Morgan fingerprint density at radius 2 is 2.10 bits per heavy atom. The van der Waals surface area contributed by atoms with Crippen molar-refractivity contribution < 1.29 is 23.1 Å². The maximum absolute atomic E-state index is 13.4. The first-order valence-corrected chi connectivity index (χ1v) is 9.86. The van der Waals surface area contributed by atoms with E-state index in [1.54, 1.807) is 18.3 Å². The summed E-state index contributed by atoms with van der Waals surface area (Å²) < 4.78 is 40.2. The molecule has 0 bridgehead atoms. The first-order chi connectivity index (χ1) is 13.7. The molecule has 4 nitrogen and oxygen atoms in total. The first kappa shape index (κ1) is 21.6. The summed E-state index contributed by atoms with van der Waals surface area (Å²) >= 11 is 5.79. The molecule has 1 N–H and O–H groups in total. The van der Waals surface area contributed by atoms with Crippen molar-refractivity contribution in [1.29, 1.82) is 0 Å². The lowest BCUT2D eigenvalue weighted by molar-refractivity contribution is -0.143. The van der Waals surface area contributed by atoms with Crippen LogP contribution in [0.15, 0.2) is 36.5 Å². The molecule has 2 unspecified atom stereocenters. The van der Waals surface area contributed by atoms with Gasteiger partial charge in [-0.25, -0.2) is 0 Å². The number of aliphatic carboxylic acids is 1. The molecule has 3 rings (SSSR count). The summed E-state index contributed by atoms with van der Waals surface area (Å²) in [4.78, 5) is 17.9. The van der Waals surface area contributed by atoms with Crippen LogP contribution < -0.4 is 0 Å². The van der Waals surface area contributed by atoms with E-state index >= 15 is 0 Å². The number of benzene rings is 1. The Bertz CT molecular complexity index is 871. The predicted octanol–water partition coefficient (Wildman–Crippen LogP) is 5.20. The van der Waals surface area contributed by atoms with E-state index in [1.807, 2.05) is 17.9 Å². The van der Waals surface area contributed by atoms with Crippen molar-refractivity contribution in [2.75, 3.05) is 13.1 Å². The van der Waals surface area contributed by atoms with Crippen molar-refractivity contribution in [3.05, 3.63) is 63.9 Å². The van der Waals surface area contributed by atoms with Crippen LogP contribution in [0.4, 0.5) is 13.2 Å². The summed E-state index contributed by atoms with van der Waals surface area (Å²) in [5.41, 5.74) is 1.09. The zero-order valence-electron chi connectivity index (χ0n) is 15.9. The fourth-order valence-electron chi connectivity index (χ4n) is 3.75. The van der Waals surface area contributed by atoms with Gasteiger partial charge in [-0.05, 0) is 55.1 Å². The number of carboxylic acids is 1. The number of carboxylic acid groups (broad SMARTS) is 1. The number of aryl methyl sites for hydroxylation is 1. The van der Waals surface area contributed by atoms with Crippen LogP contribution in [0.1, 0.15) is 48.2 Å². The lowest BCUT2D eigenvalue weighted by Crippen LogP contribution is -2.41. The van der Waals surface area contributed by atoms with Gasteiger partial charge in [-0.2, -0.15) is 13.2 Å². The normalized spacial score (nSPS) is 19.1. The Hall–Kier alpha value is -2.12. The number of rotatable bonds is 5. The Kier molecular flexibility index (Phi) is 6.49. The highest BCUT2D eigenvalue weighted by Gasteiger charge is 2.36. The van der Waals surface area contributed by atoms with Crippen LogP contribution in [0, 0.1) is 5.92 Å². The Morgan fingerprint density at radius 1 is 1.34 bits per heavy atom. The van der Waals surface area contributed by atoms with E-state index in [0.29, 0.717) is 30.6 Å². The number of nitrogens with zero attached hydrogens (tertiary/aromatic N) is 2. The van der Waals surface area contributed by atoms with Crippen molar-refractivity contribution in [3.8, 4) is 0 Å². The van der Waals surface area contributed by atoms with Crippen molar-refractivity contribution in [2.45, 2.75) is 38.4 Å². The number of pyridine rings is 1. The standard InChI is InChI=1S/C21H22ClF3N2O2/c1-2-13-5-8-18(26-11-13)19(27-9-3-4-15(12-27)20(28)29)14-6-7-17(22)16(10-14)21(23,24)25/h5-8,10-11,15,19H,2-4,9,12H2,1H3,(H,28,29). The minimum Gasteiger partial charge on any atom is -0.481 e. The number of aromatic nitrogens is 1. The molecule has 1 aromatic heterocycles. The van der Waals surface area contributed by atoms with Gasteiger partial charge < -0.3 is 5.11 Å². The molecule has 1 aliphatic heterocycles. The maximum atomic E-state index is 13.4. The molecule has 8 heteroatoms. The number of piperidine rings is 1. The Labute approximate surface area is 172 Å². The molecular weight excluding hydrogens is 405 g/mol. The van der Waals surface area contributed by atoms with Gasteiger partial charge >= 0.3 is 12.1 Å². The zero-order chi connectivity index (χ0) is 21.2. The molecule has 0 aliphatic carbocycles. The second-order valence-electron chi connectivity index (χ2n) is 7.26. The molecule has 1 aromatic carbocycles. The van der Waals surface area contributed by atoms with Crippen LogP contribution >= 0.6 is 11.6 Å². The number of likely N-dealkylation sites (tertiary alicyclic amines) is 1. The highest BCUT2D eigenvalue weighted by atomic mass is 35.5. The third-order valence-corrected chi connectivity index (χ3v) is 5.64. The summed E-state index contributed by atoms with van der Waals surface area (Å²) in [7, 11) is 0. The van der Waals surface area contributed by atoms with Gasteiger partial charge in [0.2, 0.25) is 0 Å². The minimum absolute atomic E-state index is 0.251. The van der Waals surface area contributed by atoms with Crippen molar-refractivity contribution >= 4 is 17.6 Å². The summed E-state index contributed by atoms with van der Waals surface area (Å²) in [5.74, 6) is -1.45. The van der Waals surface area contributed by atoms with Crippen LogP contribution in [0.2, 0.25) is 5.02 Å². The van der Waals surface area contributed by atoms with E-state index in [4.69, 9.17) is 11.6 Å². The molecule has 1 saturated heterocycles. The maximum Gasteiger partial charge on any atom is 0.417 e. The lowest BCUT2D eigenvalue weighted by Gasteiger charge is -2.37. The smallest absolute Gasteiger partial charge is 0.417 e. The van der Waals surface area contributed by atoms with Crippen molar-refractivity contribution in [3.63, 3.8) is 0 Å². The molecule has 1 aliphatic rings. The number of hydrogen-bond acceptors (Lipinski definition) is 3. The average Bonchev–Trinajstić information content (AvgIpc) is 2.69. The fraction of sp³-hybridized carbons (Fsp3) is 0.429. The van der Waals surface area contributed by atoms with Crippen LogP contribution in [0.25, 0.3) is 0 Å². The van der Waals surface area contributed by atoms with E-state index in [-0.39, 0.29) is 11.6 Å². The van der Waals surface area contributed by atoms with Crippen LogP contribution in [-0.4, -0.2) is 34.0 Å². The number of hydrogen-bond donors (Lipinski definition) is 1. The molecule has 2 aromatic rings. The van der Waals surface area contributed by atoms with Gasteiger partial charge in [0, 0.05) is 12.7 Å². The number of alkyl halides is 3. The van der Waals surface area contributed by atoms with E-state index in [0.717, 1.165) is 18.1 Å². The third kappa shape index (κ3) is 4.90. The molecule has 2 atom stereocenters. The average molecular weight is 427 g/mol. The lowest BCUT2D eigenvalue weighted by atomic mass is 9.92. The largest absolute Gasteiger partial charge is 0.481 e. The van der Waals surface area contributed by atoms with Gasteiger partial charge in [-0.3, -0.25) is 14.7 Å². The van der Waals surface area contributed by atoms with Gasteiger partial charge in [-0.15, -0.1) is 0 Å². The van der Waals surface area contributed by atoms with Gasteiger partial charge in [0.15, 0.2) is 0 Å². The van der Waals surface area contributed by atoms with E-state index < -0.39 is 29.7 Å². The predicted molar refractivity (Wildman–Crippen MR) is 104 cm³/mol. The Balaban J connectivity index is 2.06. The van der Waals surface area contributed by atoms with E-state index in [2.05, 4.69) is 4.98 Å². The topological polar surface area (TPSA) is 53.4 Å². The van der Waals surface area contributed by atoms with Crippen LogP contribution in [-0.2, 0) is 17.4 Å². The molecule has 29 heavy (non-hydrogen) atoms. The summed E-state index contributed by atoms with van der Waals surface area (Å²) in [6, 6.07) is 6.96. The highest BCUT2D eigenvalue weighted by Crippen LogP contribution is 2.39. The van der Waals surface area contributed by atoms with E-state index in [1.165, 1.54) is 6.07 Å². The molecule has 0 radical (unpaired) electrons. The van der Waals surface area contributed by atoms with Gasteiger partial charge in [0.25, 0.3) is 0 Å². The first-order valence-electron chi connectivity index (χ1n) is 9.49. The molecule has 0 spiro atoms. The van der Waals surface area contributed by atoms with Gasteiger partial charge in [0.05, 0.1) is 28.2 Å². The second kappa shape index (κ2) is 8.71. The number of carbonyl (C=O) groups is 1. The zero-order valence-corrected chi connectivity index (χ0v) is 16.7. The summed E-state index contributed by atoms with van der Waals surface area (Å²) in [6.07, 6.45) is -0.874. The number of halogens is 4. The molecule has 2 heterocycles. The molecule has 1 fully saturated rings. The van der Waals surface area contributed by atoms with Crippen molar-refractivity contribution in [2.24, 2.45) is 5.92 Å². The molecule has 156 valence electrons. The van der Waals surface area contributed by atoms with Crippen molar-refractivity contribution in [1.82, 2.24) is 9.88 Å². The molecular formula is C21H22ClF3N2O2. The second-order valence-corrected chi connectivity index (χ2v) is 7.66. The molecule has 0 saturated carbocycles. The van der Waals surface area contributed by atoms with E-state index in [9.17, 15) is 23.1 Å². The van der Waals surface area contributed by atoms with Gasteiger partial charge in [-0.1, -0.05) is 30.7 Å². The summed E-state index contributed by atoms with van der Waals surface area (Å²) in [5, 5.41) is 9.06. The highest BCUT2D eigenvalue weighted by molar-refractivity contribution is 6.31.